The number of amides is 1. The van der Waals surface area contributed by atoms with Gasteiger partial charge in [-0.25, -0.2) is 0 Å². The summed E-state index contributed by atoms with van der Waals surface area (Å²) in [5.41, 5.74) is 0. The van der Waals surface area contributed by atoms with E-state index in [2.05, 4.69) is 24.1 Å². The Hall–Kier alpha value is -0.960. The second kappa shape index (κ2) is 9.03. The van der Waals surface area contributed by atoms with E-state index >= 15 is 0 Å². The third kappa shape index (κ3) is 6.15. The molecule has 0 aliphatic rings. The number of carbonyl (C=O) groups is 1. The summed E-state index contributed by atoms with van der Waals surface area (Å²) >= 11 is 3.20. The molecule has 2 N–H and O–H groups in total. The fraction of sp³-hybridized carbons (Fsp3) is 0.500. The Bertz CT molecular complexity index is 460. The van der Waals surface area contributed by atoms with Crippen molar-refractivity contribution in [2.24, 2.45) is 0 Å². The first-order chi connectivity index (χ1) is 9.17. The van der Waals surface area contributed by atoms with Gasteiger partial charge in [-0.3, -0.25) is 4.79 Å². The highest BCUT2D eigenvalue weighted by Crippen LogP contribution is 2.15. The first-order valence-electron chi connectivity index (χ1n) is 6.25. The third-order valence-corrected chi connectivity index (χ3v) is 4.37. The zero-order valence-electron chi connectivity index (χ0n) is 11.2. The van der Waals surface area contributed by atoms with Crippen LogP contribution in [0.5, 0.6) is 0 Å². The predicted molar refractivity (Wildman–Crippen MR) is 82.8 cm³/mol. The summed E-state index contributed by atoms with van der Waals surface area (Å²) in [4.78, 5) is 13.5. The molecule has 0 spiro atoms. The Kier molecular flexibility index (Phi) is 7.65. The number of hydrogen-bond acceptors (Lipinski definition) is 4. The fourth-order valence-corrected chi connectivity index (χ4v) is 2.82. The molecular formula is C14H19NO2S2. The summed E-state index contributed by atoms with van der Waals surface area (Å²) in [6, 6.07) is 3.81. The first kappa shape index (κ1) is 16.1. The van der Waals surface area contributed by atoms with Crippen LogP contribution in [0.25, 0.3) is 0 Å². The molecular weight excluding hydrogens is 278 g/mol. The highest BCUT2D eigenvalue weighted by atomic mass is 32.2. The second-order valence-electron chi connectivity index (χ2n) is 3.97. The number of aliphatic hydroxyl groups is 1. The van der Waals surface area contributed by atoms with Crippen molar-refractivity contribution in [3.05, 3.63) is 21.9 Å². The molecule has 1 aromatic rings. The van der Waals surface area contributed by atoms with E-state index in [9.17, 15) is 4.79 Å². The molecule has 0 bridgehead atoms. The van der Waals surface area contributed by atoms with Gasteiger partial charge in [0, 0.05) is 18.2 Å². The molecule has 0 fully saturated rings. The van der Waals surface area contributed by atoms with Crippen LogP contribution in [0.15, 0.2) is 12.1 Å². The maximum absolute atomic E-state index is 12.0. The van der Waals surface area contributed by atoms with E-state index in [0.29, 0.717) is 11.3 Å². The molecule has 19 heavy (non-hydrogen) atoms. The topological polar surface area (TPSA) is 49.3 Å². The minimum absolute atomic E-state index is 0.0376. The predicted octanol–water partition coefficient (Wildman–Crippen LogP) is 2.35. The van der Waals surface area contributed by atoms with E-state index in [-0.39, 0.29) is 18.6 Å². The normalized spacial score (nSPS) is 11.5. The second-order valence-corrected chi connectivity index (χ2v) is 6.38. The van der Waals surface area contributed by atoms with Gasteiger partial charge >= 0.3 is 0 Å². The van der Waals surface area contributed by atoms with E-state index in [4.69, 9.17) is 5.11 Å². The van der Waals surface area contributed by atoms with Gasteiger partial charge in [-0.1, -0.05) is 18.8 Å². The summed E-state index contributed by atoms with van der Waals surface area (Å²) in [5.74, 6) is 7.73. The van der Waals surface area contributed by atoms with E-state index in [1.807, 2.05) is 24.8 Å². The van der Waals surface area contributed by atoms with Crippen LogP contribution in [-0.4, -0.2) is 35.2 Å². The lowest BCUT2D eigenvalue weighted by Gasteiger charge is -2.11. The maximum atomic E-state index is 12.0. The number of hydrogen-bond donors (Lipinski definition) is 2. The molecule has 3 nitrogen and oxygen atoms in total. The van der Waals surface area contributed by atoms with E-state index < -0.39 is 0 Å². The quantitative estimate of drug-likeness (QED) is 0.793. The molecule has 0 saturated heterocycles. The van der Waals surface area contributed by atoms with Gasteiger partial charge in [-0.15, -0.1) is 11.3 Å². The van der Waals surface area contributed by atoms with Crippen molar-refractivity contribution < 1.29 is 9.90 Å². The number of thiophene rings is 1. The number of aliphatic hydroxyl groups excluding tert-OH is 1. The van der Waals surface area contributed by atoms with Crippen molar-refractivity contribution >= 4 is 29.0 Å². The molecule has 1 amide bonds. The summed E-state index contributed by atoms with van der Waals surface area (Å²) < 4.78 is 0. The van der Waals surface area contributed by atoms with Crippen LogP contribution in [-0.2, 0) is 0 Å². The van der Waals surface area contributed by atoms with Gasteiger partial charge in [0.15, 0.2) is 0 Å². The summed E-state index contributed by atoms with van der Waals surface area (Å²) in [5, 5.41) is 11.6. The molecule has 0 saturated carbocycles. The average Bonchev–Trinajstić information content (AvgIpc) is 2.85. The van der Waals surface area contributed by atoms with Crippen LogP contribution in [0.2, 0.25) is 0 Å². The van der Waals surface area contributed by atoms with E-state index in [1.165, 1.54) is 11.3 Å². The largest absolute Gasteiger partial charge is 0.395 e. The molecule has 5 heteroatoms. The van der Waals surface area contributed by atoms with Crippen LogP contribution >= 0.6 is 23.1 Å². The molecule has 104 valence electrons. The minimum Gasteiger partial charge on any atom is -0.395 e. The lowest BCUT2D eigenvalue weighted by atomic mass is 10.3. The van der Waals surface area contributed by atoms with Gasteiger partial charge in [0.1, 0.15) is 0 Å². The lowest BCUT2D eigenvalue weighted by molar-refractivity contribution is 0.0948. The maximum Gasteiger partial charge on any atom is 0.261 e. The van der Waals surface area contributed by atoms with Crippen molar-refractivity contribution in [2.75, 3.05) is 18.1 Å². The molecule has 0 aliphatic carbocycles. The summed E-state index contributed by atoms with van der Waals surface area (Å²) in [6.45, 7) is 4.18. The van der Waals surface area contributed by atoms with Gasteiger partial charge in [0.2, 0.25) is 0 Å². The SMILES string of the molecule is CCSCC(C)NC(=O)c1ccc(C#CCCO)s1. The lowest BCUT2D eigenvalue weighted by Crippen LogP contribution is -2.33. The Balaban J connectivity index is 2.52. The highest BCUT2D eigenvalue weighted by molar-refractivity contribution is 7.99. The van der Waals surface area contributed by atoms with Crippen molar-refractivity contribution in [3.8, 4) is 11.8 Å². The Morgan fingerprint density at radius 2 is 2.37 bits per heavy atom. The highest BCUT2D eigenvalue weighted by Gasteiger charge is 2.11. The minimum atomic E-state index is -0.0376. The standard InChI is InChI=1S/C14H19NO2S2/c1-3-18-10-11(2)15-14(17)13-8-7-12(19-13)6-4-5-9-16/h7-8,11,16H,3,5,9-10H2,1-2H3,(H,15,17). The van der Waals surface area contributed by atoms with Gasteiger partial charge in [-0.2, -0.15) is 11.8 Å². The zero-order chi connectivity index (χ0) is 14.1. The molecule has 1 rings (SSSR count). The number of rotatable bonds is 6. The van der Waals surface area contributed by atoms with Crippen LogP contribution in [0.4, 0.5) is 0 Å². The Morgan fingerprint density at radius 1 is 1.58 bits per heavy atom. The van der Waals surface area contributed by atoms with Gasteiger partial charge < -0.3 is 10.4 Å². The molecule has 0 aliphatic heterocycles. The number of nitrogens with one attached hydrogen (secondary N) is 1. The molecule has 1 heterocycles. The van der Waals surface area contributed by atoms with Crippen molar-refractivity contribution in [3.63, 3.8) is 0 Å². The summed E-state index contributed by atoms with van der Waals surface area (Å²) in [7, 11) is 0. The zero-order valence-corrected chi connectivity index (χ0v) is 12.9. The van der Waals surface area contributed by atoms with Crippen LogP contribution < -0.4 is 5.32 Å². The van der Waals surface area contributed by atoms with Crippen LogP contribution in [0, 0.1) is 11.8 Å². The van der Waals surface area contributed by atoms with E-state index in [1.54, 1.807) is 6.07 Å². The monoisotopic (exact) mass is 297 g/mol. The van der Waals surface area contributed by atoms with Gasteiger partial charge in [-0.05, 0) is 24.8 Å². The van der Waals surface area contributed by atoms with Gasteiger partial charge in [0.05, 0.1) is 16.4 Å². The van der Waals surface area contributed by atoms with Crippen molar-refractivity contribution in [1.82, 2.24) is 5.32 Å². The fourth-order valence-electron chi connectivity index (χ4n) is 1.36. The van der Waals surface area contributed by atoms with Crippen molar-refractivity contribution in [1.29, 1.82) is 0 Å². The third-order valence-electron chi connectivity index (χ3n) is 2.23. The molecule has 0 radical (unpaired) electrons. The average molecular weight is 297 g/mol. The number of thioether (sulfide) groups is 1. The molecule has 1 atom stereocenters. The molecule has 1 unspecified atom stereocenters. The Morgan fingerprint density at radius 3 is 3.05 bits per heavy atom. The molecule has 1 aromatic heterocycles. The summed E-state index contributed by atoms with van der Waals surface area (Å²) in [6.07, 6.45) is 0.463. The smallest absolute Gasteiger partial charge is 0.261 e. The van der Waals surface area contributed by atoms with Crippen molar-refractivity contribution in [2.45, 2.75) is 26.3 Å². The van der Waals surface area contributed by atoms with Crippen LogP contribution in [0.3, 0.4) is 0 Å². The Labute approximate surface area is 122 Å². The van der Waals surface area contributed by atoms with E-state index in [0.717, 1.165) is 16.4 Å². The van der Waals surface area contributed by atoms with Gasteiger partial charge in [0.25, 0.3) is 5.91 Å². The van der Waals surface area contributed by atoms with Crippen LogP contribution in [0.1, 0.15) is 34.8 Å². The number of carbonyl (C=O) groups excluding carboxylic acids is 1. The molecule has 0 aromatic carbocycles. The first-order valence-corrected chi connectivity index (χ1v) is 8.22.